The fraction of sp³-hybridized carbons (Fsp3) is 0.789. The fourth-order valence-corrected chi connectivity index (χ4v) is 3.70. The Morgan fingerprint density at radius 3 is 2.46 bits per heavy atom. The molecule has 1 rings (SSSR count). The van der Waals surface area contributed by atoms with E-state index < -0.39 is 0 Å². The van der Waals surface area contributed by atoms with Gasteiger partial charge >= 0.3 is 0 Å². The van der Waals surface area contributed by atoms with E-state index in [2.05, 4.69) is 67.1 Å². The highest BCUT2D eigenvalue weighted by Gasteiger charge is 2.14. The molecule has 1 aromatic heterocycles. The molecule has 1 atom stereocenters. The highest BCUT2D eigenvalue weighted by Crippen LogP contribution is 2.20. The zero-order chi connectivity index (χ0) is 19.7. The van der Waals surface area contributed by atoms with Gasteiger partial charge in [0.1, 0.15) is 11.1 Å². The standard InChI is InChI=1S/C19H37N5OS/c1-9-20-19(21-10-11-24(14(2)3)15(4)5)23(7)12-17-13-26-18(22-17)16(6)25-8/h13-16H,9-12H2,1-8H3,(H,20,21). The van der Waals surface area contributed by atoms with Crippen molar-refractivity contribution in [3.63, 3.8) is 0 Å². The highest BCUT2D eigenvalue weighted by atomic mass is 32.1. The molecule has 0 aliphatic carbocycles. The molecule has 1 aromatic rings. The first-order valence-corrected chi connectivity index (χ1v) is 10.4. The van der Waals surface area contributed by atoms with Crippen molar-refractivity contribution in [2.75, 3.05) is 33.8 Å². The first-order chi connectivity index (χ1) is 12.3. The Bertz CT molecular complexity index is 536. The second kappa shape index (κ2) is 11.5. The van der Waals surface area contributed by atoms with Crippen LogP contribution in [-0.4, -0.2) is 66.6 Å². The molecule has 0 aliphatic heterocycles. The monoisotopic (exact) mass is 383 g/mol. The van der Waals surface area contributed by atoms with Crippen molar-refractivity contribution in [3.05, 3.63) is 16.1 Å². The molecular weight excluding hydrogens is 346 g/mol. The zero-order valence-electron chi connectivity index (χ0n) is 17.7. The van der Waals surface area contributed by atoms with Crippen LogP contribution in [0, 0.1) is 0 Å². The van der Waals surface area contributed by atoms with E-state index in [-0.39, 0.29) is 6.10 Å². The molecule has 0 amide bonds. The van der Waals surface area contributed by atoms with Gasteiger partial charge in [0.25, 0.3) is 0 Å². The quantitative estimate of drug-likeness (QED) is 0.496. The van der Waals surface area contributed by atoms with E-state index in [1.54, 1.807) is 18.4 Å². The van der Waals surface area contributed by atoms with Gasteiger partial charge < -0.3 is 15.0 Å². The number of ether oxygens (including phenoxy) is 1. The smallest absolute Gasteiger partial charge is 0.194 e. The maximum absolute atomic E-state index is 5.35. The summed E-state index contributed by atoms with van der Waals surface area (Å²) < 4.78 is 5.35. The summed E-state index contributed by atoms with van der Waals surface area (Å²) in [5, 5.41) is 6.50. The molecular formula is C19H37N5OS. The summed E-state index contributed by atoms with van der Waals surface area (Å²) in [6.45, 7) is 16.4. The number of methoxy groups -OCH3 is 1. The van der Waals surface area contributed by atoms with Crippen LogP contribution >= 0.6 is 11.3 Å². The molecule has 0 aromatic carbocycles. The van der Waals surface area contributed by atoms with Crippen molar-refractivity contribution in [3.8, 4) is 0 Å². The number of aromatic nitrogens is 1. The number of nitrogens with zero attached hydrogens (tertiary/aromatic N) is 4. The minimum atomic E-state index is 0.0408. The first kappa shape index (κ1) is 22.9. The maximum atomic E-state index is 5.35. The van der Waals surface area contributed by atoms with Crippen molar-refractivity contribution in [2.24, 2.45) is 4.99 Å². The number of aliphatic imine (C=N–C) groups is 1. The van der Waals surface area contributed by atoms with E-state index in [9.17, 15) is 0 Å². The minimum absolute atomic E-state index is 0.0408. The predicted molar refractivity (Wildman–Crippen MR) is 112 cm³/mol. The summed E-state index contributed by atoms with van der Waals surface area (Å²) in [4.78, 5) is 14.1. The Morgan fingerprint density at radius 1 is 1.27 bits per heavy atom. The van der Waals surface area contributed by atoms with Crippen LogP contribution in [-0.2, 0) is 11.3 Å². The number of guanidine groups is 1. The Kier molecular flexibility index (Phi) is 10.1. The van der Waals surface area contributed by atoms with Crippen LogP contribution in [0.5, 0.6) is 0 Å². The Hall–Kier alpha value is -1.18. The van der Waals surface area contributed by atoms with Gasteiger partial charge in [0.05, 0.1) is 18.8 Å². The summed E-state index contributed by atoms with van der Waals surface area (Å²) in [5.74, 6) is 0.925. The number of hydrogen-bond acceptors (Lipinski definition) is 5. The average molecular weight is 384 g/mol. The van der Waals surface area contributed by atoms with Gasteiger partial charge in [-0.15, -0.1) is 11.3 Å². The van der Waals surface area contributed by atoms with Crippen molar-refractivity contribution < 1.29 is 4.74 Å². The minimum Gasteiger partial charge on any atom is -0.375 e. The van der Waals surface area contributed by atoms with Gasteiger partial charge in [-0.05, 0) is 41.5 Å². The summed E-state index contributed by atoms with van der Waals surface area (Å²) >= 11 is 1.65. The fourth-order valence-electron chi connectivity index (χ4n) is 2.85. The first-order valence-electron chi connectivity index (χ1n) is 9.52. The van der Waals surface area contributed by atoms with E-state index in [0.29, 0.717) is 12.1 Å². The van der Waals surface area contributed by atoms with Gasteiger partial charge in [0.2, 0.25) is 0 Å². The van der Waals surface area contributed by atoms with Crippen LogP contribution in [0.25, 0.3) is 0 Å². The number of rotatable bonds is 10. The van der Waals surface area contributed by atoms with Crippen molar-refractivity contribution in [1.29, 1.82) is 0 Å². The molecule has 1 heterocycles. The van der Waals surface area contributed by atoms with E-state index >= 15 is 0 Å². The number of hydrogen-bond donors (Lipinski definition) is 1. The molecule has 1 N–H and O–H groups in total. The van der Waals surface area contributed by atoms with Gasteiger partial charge in [-0.1, -0.05) is 0 Å². The lowest BCUT2D eigenvalue weighted by Gasteiger charge is -2.30. The van der Waals surface area contributed by atoms with Crippen LogP contribution in [0.3, 0.4) is 0 Å². The molecule has 0 fully saturated rings. The molecule has 6 nitrogen and oxygen atoms in total. The average Bonchev–Trinajstić information content (AvgIpc) is 3.04. The van der Waals surface area contributed by atoms with Gasteiger partial charge in [-0.2, -0.15) is 0 Å². The normalized spacial score (nSPS) is 13.7. The molecule has 0 bridgehead atoms. The lowest BCUT2D eigenvalue weighted by atomic mass is 10.2. The lowest BCUT2D eigenvalue weighted by molar-refractivity contribution is 0.119. The third kappa shape index (κ3) is 7.21. The molecule has 0 spiro atoms. The zero-order valence-corrected chi connectivity index (χ0v) is 18.6. The topological polar surface area (TPSA) is 53.0 Å². The van der Waals surface area contributed by atoms with E-state index in [1.807, 2.05) is 6.92 Å². The number of nitrogens with one attached hydrogen (secondary N) is 1. The Labute approximate surface area is 163 Å². The Balaban J connectivity index is 2.70. The highest BCUT2D eigenvalue weighted by molar-refractivity contribution is 7.09. The van der Waals surface area contributed by atoms with Crippen LogP contribution in [0.15, 0.2) is 10.4 Å². The molecule has 0 saturated heterocycles. The second-order valence-corrected chi connectivity index (χ2v) is 7.96. The van der Waals surface area contributed by atoms with Crippen molar-refractivity contribution in [1.82, 2.24) is 20.1 Å². The molecule has 7 heteroatoms. The molecule has 0 radical (unpaired) electrons. The van der Waals surface area contributed by atoms with Crippen LogP contribution in [0.1, 0.15) is 58.3 Å². The van der Waals surface area contributed by atoms with E-state index in [1.165, 1.54) is 0 Å². The van der Waals surface area contributed by atoms with Gasteiger partial charge in [0.15, 0.2) is 5.96 Å². The van der Waals surface area contributed by atoms with Crippen LogP contribution < -0.4 is 5.32 Å². The molecule has 26 heavy (non-hydrogen) atoms. The van der Waals surface area contributed by atoms with E-state index in [0.717, 1.165) is 42.8 Å². The maximum Gasteiger partial charge on any atom is 0.194 e. The largest absolute Gasteiger partial charge is 0.375 e. The van der Waals surface area contributed by atoms with E-state index in [4.69, 9.17) is 9.73 Å². The number of thiazole rings is 1. The van der Waals surface area contributed by atoms with Gasteiger partial charge in [0, 0.05) is 44.7 Å². The lowest BCUT2D eigenvalue weighted by Crippen LogP contribution is -2.41. The van der Waals surface area contributed by atoms with Crippen molar-refractivity contribution in [2.45, 2.75) is 66.3 Å². The van der Waals surface area contributed by atoms with Gasteiger partial charge in [-0.25, -0.2) is 4.98 Å². The summed E-state index contributed by atoms with van der Waals surface area (Å²) in [6, 6.07) is 1.06. The van der Waals surface area contributed by atoms with Gasteiger partial charge in [-0.3, -0.25) is 9.89 Å². The van der Waals surface area contributed by atoms with Crippen LogP contribution in [0.2, 0.25) is 0 Å². The predicted octanol–water partition coefficient (Wildman–Crippen LogP) is 3.37. The molecule has 0 saturated carbocycles. The third-order valence-corrected chi connectivity index (χ3v) is 5.37. The molecule has 0 aliphatic rings. The SMILES string of the molecule is CCNC(=NCCN(C(C)C)C(C)C)N(C)Cc1csc(C(C)OC)n1. The second-order valence-electron chi connectivity index (χ2n) is 7.07. The summed E-state index contributed by atoms with van der Waals surface area (Å²) in [6.07, 6.45) is 0.0408. The summed E-state index contributed by atoms with van der Waals surface area (Å²) in [7, 11) is 3.77. The molecule has 150 valence electrons. The van der Waals surface area contributed by atoms with Crippen LogP contribution in [0.4, 0.5) is 0 Å². The third-order valence-electron chi connectivity index (χ3n) is 4.31. The van der Waals surface area contributed by atoms with Crippen molar-refractivity contribution >= 4 is 17.3 Å². The Morgan fingerprint density at radius 2 is 1.92 bits per heavy atom. The summed E-state index contributed by atoms with van der Waals surface area (Å²) in [5.41, 5.74) is 1.05. The molecule has 1 unspecified atom stereocenters.